The topological polar surface area (TPSA) is 49.3 Å². The van der Waals surface area contributed by atoms with Crippen LogP contribution in [0, 0.1) is 0 Å². The Morgan fingerprint density at radius 3 is 2.00 bits per heavy atom. The van der Waals surface area contributed by atoms with E-state index in [0.717, 1.165) is 19.3 Å². The first-order chi connectivity index (χ1) is 11.2. The number of hydrogen-bond acceptors (Lipinski definition) is 2. The van der Waals surface area contributed by atoms with Gasteiger partial charge in [-0.15, -0.1) is 6.58 Å². The third-order valence-electron chi connectivity index (χ3n) is 4.41. The SMILES string of the molecule is C=CCCCCCCC(CCCCCCCCC)NCC(=O)O. The van der Waals surface area contributed by atoms with Crippen LogP contribution in [0.15, 0.2) is 12.7 Å². The standard InChI is InChI=1S/C20H39NO2/c1-3-5-7-9-11-13-15-17-19(21-18-20(22)23)16-14-12-10-8-6-4-2/h4,19,21H,2-3,5-18H2,1H3,(H,22,23). The van der Waals surface area contributed by atoms with E-state index in [1.807, 2.05) is 6.08 Å². The predicted molar refractivity (Wildman–Crippen MR) is 99.9 cm³/mol. The van der Waals surface area contributed by atoms with Crippen LogP contribution in [-0.4, -0.2) is 23.7 Å². The van der Waals surface area contributed by atoms with E-state index in [1.165, 1.54) is 70.6 Å². The van der Waals surface area contributed by atoms with Crippen LogP contribution in [-0.2, 0) is 4.79 Å². The van der Waals surface area contributed by atoms with Gasteiger partial charge in [-0.2, -0.15) is 0 Å². The van der Waals surface area contributed by atoms with Crippen molar-refractivity contribution in [3.63, 3.8) is 0 Å². The van der Waals surface area contributed by atoms with Crippen molar-refractivity contribution in [3.05, 3.63) is 12.7 Å². The van der Waals surface area contributed by atoms with Gasteiger partial charge in [0.15, 0.2) is 0 Å². The van der Waals surface area contributed by atoms with Gasteiger partial charge in [-0.25, -0.2) is 0 Å². The molecule has 0 aliphatic heterocycles. The van der Waals surface area contributed by atoms with Crippen molar-refractivity contribution in [3.8, 4) is 0 Å². The number of carboxylic acid groups (broad SMARTS) is 1. The molecule has 0 spiro atoms. The minimum absolute atomic E-state index is 0.0949. The van der Waals surface area contributed by atoms with E-state index in [0.29, 0.717) is 6.04 Å². The molecule has 3 nitrogen and oxygen atoms in total. The number of unbranched alkanes of at least 4 members (excludes halogenated alkanes) is 10. The van der Waals surface area contributed by atoms with Crippen LogP contribution in [0.5, 0.6) is 0 Å². The van der Waals surface area contributed by atoms with Crippen LogP contribution in [0.25, 0.3) is 0 Å². The van der Waals surface area contributed by atoms with E-state index in [9.17, 15) is 4.79 Å². The Balaban J connectivity index is 3.72. The Labute approximate surface area is 143 Å². The average Bonchev–Trinajstić information content (AvgIpc) is 2.53. The number of nitrogens with one attached hydrogen (secondary N) is 1. The minimum atomic E-state index is -0.749. The monoisotopic (exact) mass is 325 g/mol. The van der Waals surface area contributed by atoms with Gasteiger partial charge in [0.25, 0.3) is 0 Å². The molecule has 0 saturated heterocycles. The normalized spacial score (nSPS) is 12.2. The molecule has 0 saturated carbocycles. The second kappa shape index (κ2) is 17.5. The smallest absolute Gasteiger partial charge is 0.317 e. The van der Waals surface area contributed by atoms with Crippen LogP contribution in [0.4, 0.5) is 0 Å². The van der Waals surface area contributed by atoms with Gasteiger partial charge in [0, 0.05) is 6.04 Å². The van der Waals surface area contributed by atoms with Gasteiger partial charge >= 0.3 is 5.97 Å². The first kappa shape index (κ1) is 22.2. The maximum absolute atomic E-state index is 10.8. The van der Waals surface area contributed by atoms with Crippen LogP contribution in [0.2, 0.25) is 0 Å². The molecule has 23 heavy (non-hydrogen) atoms. The number of carbonyl (C=O) groups is 1. The summed E-state index contributed by atoms with van der Waals surface area (Å²) in [5, 5.41) is 12.1. The van der Waals surface area contributed by atoms with Crippen molar-refractivity contribution >= 4 is 5.97 Å². The Morgan fingerprint density at radius 1 is 0.957 bits per heavy atom. The zero-order valence-corrected chi connectivity index (χ0v) is 15.3. The van der Waals surface area contributed by atoms with E-state index < -0.39 is 5.97 Å². The molecule has 0 rings (SSSR count). The van der Waals surface area contributed by atoms with Crippen molar-refractivity contribution in [2.75, 3.05) is 6.54 Å². The van der Waals surface area contributed by atoms with E-state index in [1.54, 1.807) is 0 Å². The molecule has 0 bridgehead atoms. The largest absolute Gasteiger partial charge is 0.480 e. The van der Waals surface area contributed by atoms with E-state index in [4.69, 9.17) is 5.11 Å². The maximum Gasteiger partial charge on any atom is 0.317 e. The van der Waals surface area contributed by atoms with Crippen molar-refractivity contribution in [1.29, 1.82) is 0 Å². The van der Waals surface area contributed by atoms with Crippen molar-refractivity contribution in [2.24, 2.45) is 0 Å². The summed E-state index contributed by atoms with van der Waals surface area (Å²) >= 11 is 0. The highest BCUT2D eigenvalue weighted by Crippen LogP contribution is 2.14. The number of carboxylic acids is 1. The second-order valence-corrected chi connectivity index (χ2v) is 6.66. The molecule has 2 N–H and O–H groups in total. The third kappa shape index (κ3) is 17.4. The summed E-state index contributed by atoms with van der Waals surface area (Å²) in [5.41, 5.74) is 0. The van der Waals surface area contributed by atoms with Gasteiger partial charge in [0.2, 0.25) is 0 Å². The van der Waals surface area contributed by atoms with Gasteiger partial charge in [0.1, 0.15) is 0 Å². The second-order valence-electron chi connectivity index (χ2n) is 6.66. The predicted octanol–water partition coefficient (Wildman–Crippen LogP) is 5.70. The number of hydrogen-bond donors (Lipinski definition) is 2. The van der Waals surface area contributed by atoms with E-state index >= 15 is 0 Å². The quantitative estimate of drug-likeness (QED) is 0.251. The summed E-state index contributed by atoms with van der Waals surface area (Å²) in [6, 6.07) is 0.376. The summed E-state index contributed by atoms with van der Waals surface area (Å²) in [7, 11) is 0. The van der Waals surface area contributed by atoms with Crippen LogP contribution in [0.1, 0.15) is 96.8 Å². The lowest BCUT2D eigenvalue weighted by molar-refractivity contribution is -0.136. The van der Waals surface area contributed by atoms with Crippen LogP contribution < -0.4 is 5.32 Å². The molecule has 0 aromatic rings. The molecule has 0 aromatic carbocycles. The van der Waals surface area contributed by atoms with E-state index in [2.05, 4.69) is 18.8 Å². The Kier molecular flexibility index (Phi) is 16.9. The summed E-state index contributed by atoms with van der Waals surface area (Å²) in [6.45, 7) is 6.09. The fourth-order valence-electron chi connectivity index (χ4n) is 2.96. The zero-order chi connectivity index (χ0) is 17.2. The van der Waals surface area contributed by atoms with Crippen molar-refractivity contribution < 1.29 is 9.90 Å². The first-order valence-corrected chi connectivity index (χ1v) is 9.76. The van der Waals surface area contributed by atoms with Gasteiger partial charge < -0.3 is 10.4 Å². The lowest BCUT2D eigenvalue weighted by Crippen LogP contribution is -2.33. The molecule has 0 aromatic heterocycles. The van der Waals surface area contributed by atoms with Crippen molar-refractivity contribution in [2.45, 2.75) is 103 Å². The highest BCUT2D eigenvalue weighted by atomic mass is 16.4. The summed E-state index contributed by atoms with van der Waals surface area (Å²) in [4.78, 5) is 10.8. The fourth-order valence-corrected chi connectivity index (χ4v) is 2.96. The van der Waals surface area contributed by atoms with Gasteiger partial charge in [-0.05, 0) is 25.7 Å². The molecule has 0 aliphatic carbocycles. The van der Waals surface area contributed by atoms with E-state index in [-0.39, 0.29) is 6.54 Å². The molecular formula is C20H39NO2. The molecule has 136 valence electrons. The molecule has 1 unspecified atom stereocenters. The fraction of sp³-hybridized carbons (Fsp3) is 0.850. The van der Waals surface area contributed by atoms with Crippen LogP contribution >= 0.6 is 0 Å². The van der Waals surface area contributed by atoms with Gasteiger partial charge in [-0.3, -0.25) is 4.79 Å². The Hall–Kier alpha value is -0.830. The summed E-state index contributed by atoms with van der Waals surface area (Å²) < 4.78 is 0. The lowest BCUT2D eigenvalue weighted by Gasteiger charge is -2.17. The summed E-state index contributed by atoms with van der Waals surface area (Å²) in [5.74, 6) is -0.749. The van der Waals surface area contributed by atoms with Crippen molar-refractivity contribution in [1.82, 2.24) is 5.32 Å². The minimum Gasteiger partial charge on any atom is -0.480 e. The zero-order valence-electron chi connectivity index (χ0n) is 15.3. The van der Waals surface area contributed by atoms with Gasteiger partial charge in [-0.1, -0.05) is 77.2 Å². The summed E-state index contributed by atoms with van der Waals surface area (Å²) in [6.07, 6.45) is 19.5. The molecule has 0 radical (unpaired) electrons. The molecule has 1 atom stereocenters. The number of rotatable bonds is 18. The van der Waals surface area contributed by atoms with Crippen LogP contribution in [0.3, 0.4) is 0 Å². The molecular weight excluding hydrogens is 286 g/mol. The van der Waals surface area contributed by atoms with Gasteiger partial charge in [0.05, 0.1) is 6.54 Å². The molecule has 0 fully saturated rings. The highest BCUT2D eigenvalue weighted by molar-refractivity contribution is 5.69. The lowest BCUT2D eigenvalue weighted by atomic mass is 10.00. The Bertz CT molecular complexity index is 279. The maximum atomic E-state index is 10.8. The Morgan fingerprint density at radius 2 is 1.48 bits per heavy atom. The third-order valence-corrected chi connectivity index (χ3v) is 4.41. The number of aliphatic carboxylic acids is 1. The average molecular weight is 326 g/mol. The molecule has 3 heteroatoms. The first-order valence-electron chi connectivity index (χ1n) is 9.76. The highest BCUT2D eigenvalue weighted by Gasteiger charge is 2.09. The number of allylic oxidation sites excluding steroid dienone is 1. The molecule has 0 aliphatic rings. The molecule has 0 amide bonds. The molecule has 0 heterocycles.